The molecule has 0 bridgehead atoms. The molecule has 21 heavy (non-hydrogen) atoms. The number of hydrogen-bond donors (Lipinski definition) is 2. The standard InChI is InChI=1S/C15H21NO5/c1-3-21-14-9-20-7-6-11(14)16-15(18)10-4-5-13(19-2)12(17)8-10/h4-5,8,11,14,17H,3,6-7,9H2,1-2H3,(H,16,18)/t11-,14-/m1/s1. The van der Waals surface area contributed by atoms with Crippen LogP contribution in [-0.4, -0.2) is 50.1 Å². The summed E-state index contributed by atoms with van der Waals surface area (Å²) in [7, 11) is 1.46. The first-order valence-corrected chi connectivity index (χ1v) is 7.03. The molecule has 0 aromatic heterocycles. The first-order valence-electron chi connectivity index (χ1n) is 7.03. The Hall–Kier alpha value is -1.79. The van der Waals surface area contributed by atoms with Gasteiger partial charge in [0.2, 0.25) is 0 Å². The van der Waals surface area contributed by atoms with Gasteiger partial charge >= 0.3 is 0 Å². The number of carbonyl (C=O) groups is 1. The number of rotatable bonds is 5. The van der Waals surface area contributed by atoms with Crippen LogP contribution >= 0.6 is 0 Å². The minimum absolute atomic E-state index is 0.0570. The molecule has 1 aliphatic rings. The minimum Gasteiger partial charge on any atom is -0.504 e. The van der Waals surface area contributed by atoms with Crippen molar-refractivity contribution in [1.82, 2.24) is 5.32 Å². The summed E-state index contributed by atoms with van der Waals surface area (Å²) in [5.41, 5.74) is 0.384. The van der Waals surface area contributed by atoms with Crippen molar-refractivity contribution in [3.63, 3.8) is 0 Å². The number of aromatic hydroxyl groups is 1. The van der Waals surface area contributed by atoms with Crippen molar-refractivity contribution < 1.29 is 24.1 Å². The van der Waals surface area contributed by atoms with E-state index in [0.29, 0.717) is 37.6 Å². The van der Waals surface area contributed by atoms with E-state index in [1.54, 1.807) is 12.1 Å². The smallest absolute Gasteiger partial charge is 0.251 e. The Labute approximate surface area is 124 Å². The molecule has 1 aromatic rings. The van der Waals surface area contributed by atoms with Crippen LogP contribution < -0.4 is 10.1 Å². The van der Waals surface area contributed by atoms with Gasteiger partial charge in [-0.15, -0.1) is 0 Å². The number of hydrogen-bond acceptors (Lipinski definition) is 5. The molecule has 1 aliphatic heterocycles. The normalized spacial score (nSPS) is 21.8. The average molecular weight is 295 g/mol. The van der Waals surface area contributed by atoms with Crippen LogP contribution in [0, 0.1) is 0 Å². The Kier molecular flexibility index (Phi) is 5.41. The zero-order chi connectivity index (χ0) is 15.2. The van der Waals surface area contributed by atoms with Crippen LogP contribution in [0.3, 0.4) is 0 Å². The van der Waals surface area contributed by atoms with Crippen molar-refractivity contribution in [2.45, 2.75) is 25.5 Å². The van der Waals surface area contributed by atoms with Crippen LogP contribution in [0.1, 0.15) is 23.7 Å². The summed E-state index contributed by atoms with van der Waals surface area (Å²) in [5.74, 6) is 0.0350. The van der Waals surface area contributed by atoms with Crippen LogP contribution in [0.15, 0.2) is 18.2 Å². The largest absolute Gasteiger partial charge is 0.504 e. The van der Waals surface area contributed by atoms with Gasteiger partial charge in [-0.3, -0.25) is 4.79 Å². The van der Waals surface area contributed by atoms with Gasteiger partial charge in [0, 0.05) is 18.8 Å². The maximum absolute atomic E-state index is 12.3. The van der Waals surface area contributed by atoms with Gasteiger partial charge in [0.1, 0.15) is 6.10 Å². The third-order valence-electron chi connectivity index (χ3n) is 3.44. The monoisotopic (exact) mass is 295 g/mol. The summed E-state index contributed by atoms with van der Waals surface area (Å²) < 4.78 is 15.9. The predicted octanol–water partition coefficient (Wildman–Crippen LogP) is 1.32. The number of ether oxygens (including phenoxy) is 3. The van der Waals surface area contributed by atoms with Crippen molar-refractivity contribution in [3.8, 4) is 11.5 Å². The summed E-state index contributed by atoms with van der Waals surface area (Å²) in [4.78, 5) is 12.3. The van der Waals surface area contributed by atoms with E-state index in [-0.39, 0.29) is 23.8 Å². The van der Waals surface area contributed by atoms with E-state index >= 15 is 0 Å². The summed E-state index contributed by atoms with van der Waals surface area (Å²) in [6.45, 7) is 3.56. The highest BCUT2D eigenvalue weighted by Gasteiger charge is 2.28. The maximum atomic E-state index is 12.3. The molecule has 0 aliphatic carbocycles. The van der Waals surface area contributed by atoms with Gasteiger partial charge in [-0.25, -0.2) is 0 Å². The second-order valence-corrected chi connectivity index (χ2v) is 4.82. The number of carbonyl (C=O) groups excluding carboxylic acids is 1. The molecule has 116 valence electrons. The molecule has 0 saturated carbocycles. The predicted molar refractivity (Wildman–Crippen MR) is 76.8 cm³/mol. The van der Waals surface area contributed by atoms with E-state index in [0.717, 1.165) is 0 Å². The lowest BCUT2D eigenvalue weighted by atomic mass is 10.0. The van der Waals surface area contributed by atoms with Crippen molar-refractivity contribution in [2.75, 3.05) is 26.9 Å². The summed E-state index contributed by atoms with van der Waals surface area (Å²) >= 11 is 0. The number of benzene rings is 1. The van der Waals surface area contributed by atoms with Gasteiger partial charge in [0.15, 0.2) is 11.5 Å². The molecule has 1 saturated heterocycles. The molecule has 6 nitrogen and oxygen atoms in total. The Bertz CT molecular complexity index is 489. The highest BCUT2D eigenvalue weighted by Crippen LogP contribution is 2.26. The molecule has 0 unspecified atom stereocenters. The zero-order valence-corrected chi connectivity index (χ0v) is 12.3. The second-order valence-electron chi connectivity index (χ2n) is 4.82. The fourth-order valence-corrected chi connectivity index (χ4v) is 2.34. The molecule has 1 aromatic carbocycles. The van der Waals surface area contributed by atoms with E-state index in [1.165, 1.54) is 13.2 Å². The number of phenols is 1. The average Bonchev–Trinajstić information content (AvgIpc) is 2.49. The maximum Gasteiger partial charge on any atom is 0.251 e. The molecule has 0 radical (unpaired) electrons. The van der Waals surface area contributed by atoms with Crippen LogP contribution in [0.25, 0.3) is 0 Å². The molecule has 1 fully saturated rings. The molecule has 2 rings (SSSR count). The quantitative estimate of drug-likeness (QED) is 0.857. The first kappa shape index (κ1) is 15.6. The van der Waals surface area contributed by atoms with Gasteiger partial charge < -0.3 is 24.6 Å². The molecular weight excluding hydrogens is 274 g/mol. The van der Waals surface area contributed by atoms with Gasteiger partial charge in [-0.1, -0.05) is 0 Å². The topological polar surface area (TPSA) is 77.0 Å². The summed E-state index contributed by atoms with van der Waals surface area (Å²) in [5, 5.41) is 12.7. The molecule has 0 spiro atoms. The zero-order valence-electron chi connectivity index (χ0n) is 12.3. The Balaban J connectivity index is 2.04. The SMILES string of the molecule is CCO[C@@H]1COCC[C@H]1NC(=O)c1ccc(OC)c(O)c1. The van der Waals surface area contributed by atoms with E-state index in [2.05, 4.69) is 5.32 Å². The van der Waals surface area contributed by atoms with Crippen LogP contribution in [0.4, 0.5) is 0 Å². The van der Waals surface area contributed by atoms with Crippen molar-refractivity contribution in [2.24, 2.45) is 0 Å². The van der Waals surface area contributed by atoms with E-state index < -0.39 is 0 Å². The fourth-order valence-electron chi connectivity index (χ4n) is 2.34. The van der Waals surface area contributed by atoms with Crippen LogP contribution in [0.5, 0.6) is 11.5 Å². The highest BCUT2D eigenvalue weighted by molar-refractivity contribution is 5.95. The molecule has 2 atom stereocenters. The van der Waals surface area contributed by atoms with Gasteiger partial charge in [-0.05, 0) is 31.5 Å². The Morgan fingerprint density at radius 1 is 1.52 bits per heavy atom. The molecule has 2 N–H and O–H groups in total. The number of nitrogens with one attached hydrogen (secondary N) is 1. The van der Waals surface area contributed by atoms with E-state index in [4.69, 9.17) is 14.2 Å². The molecular formula is C15H21NO5. The number of phenolic OH excluding ortho intramolecular Hbond substituents is 1. The highest BCUT2D eigenvalue weighted by atomic mass is 16.5. The lowest BCUT2D eigenvalue weighted by Gasteiger charge is -2.31. The minimum atomic E-state index is -0.246. The number of amides is 1. The van der Waals surface area contributed by atoms with Gasteiger partial charge in [0.05, 0.1) is 19.8 Å². The second kappa shape index (κ2) is 7.28. The first-order chi connectivity index (χ1) is 10.2. The molecule has 1 amide bonds. The van der Waals surface area contributed by atoms with Crippen LogP contribution in [-0.2, 0) is 9.47 Å². The van der Waals surface area contributed by atoms with Crippen molar-refractivity contribution in [3.05, 3.63) is 23.8 Å². The Morgan fingerprint density at radius 3 is 3.00 bits per heavy atom. The Morgan fingerprint density at radius 2 is 2.33 bits per heavy atom. The fraction of sp³-hybridized carbons (Fsp3) is 0.533. The third-order valence-corrected chi connectivity index (χ3v) is 3.44. The van der Waals surface area contributed by atoms with Crippen molar-refractivity contribution >= 4 is 5.91 Å². The van der Waals surface area contributed by atoms with E-state index in [1.807, 2.05) is 6.92 Å². The number of methoxy groups -OCH3 is 1. The van der Waals surface area contributed by atoms with E-state index in [9.17, 15) is 9.90 Å². The van der Waals surface area contributed by atoms with Gasteiger partial charge in [0.25, 0.3) is 5.91 Å². The molecule has 6 heteroatoms. The summed E-state index contributed by atoms with van der Waals surface area (Å²) in [6, 6.07) is 4.48. The lowest BCUT2D eigenvalue weighted by molar-refractivity contribution is -0.0632. The lowest BCUT2D eigenvalue weighted by Crippen LogP contribution is -2.50. The van der Waals surface area contributed by atoms with Crippen molar-refractivity contribution in [1.29, 1.82) is 0 Å². The molecule has 1 heterocycles. The third kappa shape index (κ3) is 3.86. The summed E-state index contributed by atoms with van der Waals surface area (Å²) in [6.07, 6.45) is 0.568. The van der Waals surface area contributed by atoms with Crippen LogP contribution in [0.2, 0.25) is 0 Å². The van der Waals surface area contributed by atoms with Gasteiger partial charge in [-0.2, -0.15) is 0 Å².